The summed E-state index contributed by atoms with van der Waals surface area (Å²) >= 11 is 2.07. The number of unbranched alkanes of at least 4 members (excludes halogenated alkanes) is 5. The van der Waals surface area contributed by atoms with Crippen molar-refractivity contribution in [3.05, 3.63) is 0 Å². The third-order valence-electron chi connectivity index (χ3n) is 3.80. The summed E-state index contributed by atoms with van der Waals surface area (Å²) < 4.78 is 2.51. The lowest BCUT2D eigenvalue weighted by molar-refractivity contribution is -0.522. The maximum absolute atomic E-state index is 2.51. The summed E-state index contributed by atoms with van der Waals surface area (Å²) in [6, 6.07) is 0. The first-order chi connectivity index (χ1) is 9.74. The van der Waals surface area contributed by atoms with E-state index in [1.54, 1.807) is 0 Å². The average molecular weight is 428 g/mol. The maximum atomic E-state index is 2.51. The molecular weight excluding hydrogens is 391 g/mol. The molecule has 0 saturated heterocycles. The fraction of sp³-hybridized carbons (Fsp3) is 0.941. The normalized spacial score (nSPS) is 10.1. The summed E-state index contributed by atoms with van der Waals surface area (Å²) in [5, 5.41) is 1.49. The van der Waals surface area contributed by atoms with E-state index in [2.05, 4.69) is 55.9 Å². The van der Waals surface area contributed by atoms with E-state index >= 15 is 0 Å². The Morgan fingerprint density at radius 1 is 0.810 bits per heavy atom. The van der Waals surface area contributed by atoms with Crippen LogP contribution in [0.5, 0.6) is 0 Å². The molecule has 0 aromatic rings. The highest BCUT2D eigenvalue weighted by molar-refractivity contribution is 8.13. The number of hydrogen-bond donors (Lipinski definition) is 0. The van der Waals surface area contributed by atoms with E-state index in [0.29, 0.717) is 0 Å². The third-order valence-corrected chi connectivity index (χ3v) is 5.06. The zero-order valence-electron chi connectivity index (χ0n) is 15.0. The second kappa shape index (κ2) is 16.9. The highest BCUT2D eigenvalue weighted by Gasteiger charge is 2.19. The summed E-state index contributed by atoms with van der Waals surface area (Å²) in [7, 11) is 0. The zero-order chi connectivity index (χ0) is 15.2. The Hall–Kier alpha value is 0.550. The van der Waals surface area contributed by atoms with Crippen LogP contribution in [0.1, 0.15) is 73.1 Å². The van der Waals surface area contributed by atoms with Gasteiger partial charge in [-0.2, -0.15) is 0 Å². The molecule has 0 unspecified atom stereocenters. The molecule has 4 heteroatoms. The van der Waals surface area contributed by atoms with Crippen molar-refractivity contribution in [2.45, 2.75) is 73.1 Å². The number of rotatable bonds is 11. The lowest BCUT2D eigenvalue weighted by Gasteiger charge is -2.19. The minimum atomic E-state index is 0. The zero-order valence-corrected chi connectivity index (χ0v) is 17.9. The molecule has 0 aliphatic rings. The van der Waals surface area contributed by atoms with Crippen LogP contribution < -0.4 is 24.0 Å². The van der Waals surface area contributed by atoms with E-state index < -0.39 is 0 Å². The van der Waals surface area contributed by atoms with Crippen molar-refractivity contribution in [1.29, 1.82) is 0 Å². The summed E-state index contributed by atoms with van der Waals surface area (Å²) in [6.45, 7) is 15.8. The molecule has 0 fully saturated rings. The van der Waals surface area contributed by atoms with Gasteiger partial charge in [0, 0.05) is 5.75 Å². The van der Waals surface area contributed by atoms with Gasteiger partial charge in [-0.15, -0.1) is 0 Å². The van der Waals surface area contributed by atoms with Crippen LogP contribution in [0.15, 0.2) is 0 Å². The third kappa shape index (κ3) is 10.8. The lowest BCUT2D eigenvalue weighted by atomic mass is 10.1. The Labute approximate surface area is 155 Å². The van der Waals surface area contributed by atoms with Crippen molar-refractivity contribution in [2.24, 2.45) is 0 Å². The van der Waals surface area contributed by atoms with Crippen molar-refractivity contribution in [3.8, 4) is 0 Å². The molecule has 0 N–H and O–H groups in total. The van der Waals surface area contributed by atoms with Crippen LogP contribution in [0.3, 0.4) is 0 Å². The first-order valence-electron chi connectivity index (χ1n) is 8.74. The molecule has 21 heavy (non-hydrogen) atoms. The first kappa shape index (κ1) is 23.8. The van der Waals surface area contributed by atoms with Gasteiger partial charge in [0.25, 0.3) is 0 Å². The predicted molar refractivity (Wildman–Crippen MR) is 95.1 cm³/mol. The van der Waals surface area contributed by atoms with E-state index in [1.165, 1.54) is 49.4 Å². The van der Waals surface area contributed by atoms with Crippen molar-refractivity contribution < 1.29 is 28.6 Å². The van der Waals surface area contributed by atoms with Gasteiger partial charge in [-0.1, -0.05) is 39.0 Å². The smallest absolute Gasteiger partial charge is 0.308 e. The Morgan fingerprint density at radius 3 is 1.81 bits per heavy atom. The number of amidine groups is 1. The molecule has 0 radical (unpaired) electrons. The van der Waals surface area contributed by atoms with Gasteiger partial charge in [0.2, 0.25) is 0 Å². The first-order valence-corrected chi connectivity index (χ1v) is 9.73. The second-order valence-electron chi connectivity index (χ2n) is 5.24. The summed E-state index contributed by atoms with van der Waals surface area (Å²) in [5.74, 6) is 1.27. The van der Waals surface area contributed by atoms with E-state index in [1.807, 2.05) is 0 Å². The molecule has 0 amide bonds. The van der Waals surface area contributed by atoms with Gasteiger partial charge in [0.1, 0.15) is 0 Å². The van der Waals surface area contributed by atoms with Crippen LogP contribution in [-0.4, -0.2) is 46.6 Å². The lowest BCUT2D eigenvalue weighted by Crippen LogP contribution is -3.00. The Balaban J connectivity index is 0. The SMILES string of the molecule is CCCCCCCCSC(N(CC)CC)=[N+](CC)CC.[I-]. The van der Waals surface area contributed by atoms with E-state index in [4.69, 9.17) is 0 Å². The number of thioether (sulfide) groups is 1. The number of halogens is 1. The Kier molecular flexibility index (Phi) is 19.2. The minimum Gasteiger partial charge on any atom is -1.00 e. The van der Waals surface area contributed by atoms with Crippen LogP contribution in [0, 0.1) is 0 Å². The predicted octanol–water partition coefficient (Wildman–Crippen LogP) is 1.83. The van der Waals surface area contributed by atoms with E-state index in [0.717, 1.165) is 26.2 Å². The molecule has 0 saturated carbocycles. The van der Waals surface area contributed by atoms with Gasteiger partial charge in [-0.25, -0.2) is 0 Å². The van der Waals surface area contributed by atoms with E-state index in [-0.39, 0.29) is 24.0 Å². The summed E-state index contributed by atoms with van der Waals surface area (Å²) in [5.41, 5.74) is 0. The molecule has 0 aliphatic heterocycles. The van der Waals surface area contributed by atoms with Gasteiger partial charge in [0.05, 0.1) is 26.2 Å². The highest BCUT2D eigenvalue weighted by Crippen LogP contribution is 2.14. The van der Waals surface area contributed by atoms with Gasteiger partial charge in [-0.05, 0) is 45.9 Å². The van der Waals surface area contributed by atoms with Crippen molar-refractivity contribution in [1.82, 2.24) is 4.90 Å². The van der Waals surface area contributed by atoms with Crippen molar-refractivity contribution >= 4 is 16.9 Å². The second-order valence-corrected chi connectivity index (χ2v) is 6.31. The van der Waals surface area contributed by atoms with Gasteiger partial charge in [0.15, 0.2) is 0 Å². The fourth-order valence-electron chi connectivity index (χ4n) is 2.42. The molecule has 0 atom stereocenters. The van der Waals surface area contributed by atoms with E-state index in [9.17, 15) is 0 Å². The van der Waals surface area contributed by atoms with Crippen LogP contribution in [-0.2, 0) is 0 Å². The molecular formula is C17H37IN2S. The molecule has 0 aliphatic carbocycles. The van der Waals surface area contributed by atoms with Crippen molar-refractivity contribution in [3.63, 3.8) is 0 Å². The standard InChI is InChI=1S/C17H37N2S.HI/c1-6-11-12-13-14-15-16-20-17(18(7-2)8-3)19(9-4)10-5;/h6-16H2,1-5H3;1H/q+1;/p-1. The topological polar surface area (TPSA) is 6.25 Å². The fourth-order valence-corrected chi connectivity index (χ4v) is 3.83. The van der Waals surface area contributed by atoms with Crippen molar-refractivity contribution in [2.75, 3.05) is 31.9 Å². The minimum absolute atomic E-state index is 0. The Morgan fingerprint density at radius 2 is 1.33 bits per heavy atom. The molecule has 128 valence electrons. The van der Waals surface area contributed by atoms with Crippen LogP contribution >= 0.6 is 11.8 Å². The maximum Gasteiger partial charge on any atom is 0.308 e. The number of nitrogens with zero attached hydrogens (tertiary/aromatic N) is 2. The molecule has 0 bridgehead atoms. The summed E-state index contributed by atoms with van der Waals surface area (Å²) in [4.78, 5) is 2.51. The molecule has 0 aromatic carbocycles. The number of hydrogen-bond acceptors (Lipinski definition) is 1. The summed E-state index contributed by atoms with van der Waals surface area (Å²) in [6.07, 6.45) is 8.35. The Bertz CT molecular complexity index is 247. The monoisotopic (exact) mass is 428 g/mol. The largest absolute Gasteiger partial charge is 1.00 e. The van der Waals surface area contributed by atoms with Crippen LogP contribution in [0.2, 0.25) is 0 Å². The molecule has 0 heterocycles. The van der Waals surface area contributed by atoms with Gasteiger partial charge >= 0.3 is 5.17 Å². The molecule has 0 spiro atoms. The average Bonchev–Trinajstić information content (AvgIpc) is 2.48. The van der Waals surface area contributed by atoms with Crippen LogP contribution in [0.25, 0.3) is 0 Å². The molecule has 0 aromatic heterocycles. The molecule has 0 rings (SSSR count). The van der Waals surface area contributed by atoms with Gasteiger partial charge < -0.3 is 24.0 Å². The molecule has 2 nitrogen and oxygen atoms in total. The highest BCUT2D eigenvalue weighted by atomic mass is 127. The quantitative estimate of drug-likeness (QED) is 0.163. The van der Waals surface area contributed by atoms with Gasteiger partial charge in [-0.3, -0.25) is 9.48 Å². The van der Waals surface area contributed by atoms with Crippen LogP contribution in [0.4, 0.5) is 0 Å².